The van der Waals surface area contributed by atoms with E-state index in [9.17, 15) is 4.79 Å². The van der Waals surface area contributed by atoms with Crippen LogP contribution < -0.4 is 5.43 Å². The van der Waals surface area contributed by atoms with Gasteiger partial charge < -0.3 is 0 Å². The molecule has 2 aromatic heterocycles. The number of nitrogens with one attached hydrogen (secondary N) is 1. The average Bonchev–Trinajstić information content (AvgIpc) is 3.04. The van der Waals surface area contributed by atoms with Crippen LogP contribution in [-0.4, -0.2) is 20.6 Å². The average molecular weight is 407 g/mol. The molecule has 0 saturated heterocycles. The number of imidazole rings is 1. The number of para-hydroxylation sites is 2. The van der Waals surface area contributed by atoms with Gasteiger partial charge in [0.2, 0.25) is 0 Å². The second-order valence-corrected chi connectivity index (χ2v) is 6.80. The van der Waals surface area contributed by atoms with E-state index in [1.807, 2.05) is 61.5 Å². The molecule has 0 aliphatic carbocycles. The number of fused-ring (bicyclic) bond motifs is 1. The van der Waals surface area contributed by atoms with Crippen LogP contribution in [0.15, 0.2) is 71.5 Å². The van der Waals surface area contributed by atoms with Crippen molar-refractivity contribution in [2.45, 2.75) is 6.92 Å². The van der Waals surface area contributed by atoms with Crippen LogP contribution in [0.25, 0.3) is 22.3 Å². The molecule has 0 spiro atoms. The van der Waals surface area contributed by atoms with E-state index >= 15 is 0 Å². The molecule has 0 bridgehead atoms. The topological polar surface area (TPSA) is 59.8 Å². The third kappa shape index (κ3) is 3.11. The fourth-order valence-electron chi connectivity index (χ4n) is 2.83. The molecule has 4 rings (SSSR count). The van der Waals surface area contributed by atoms with Gasteiger partial charge in [-0.05, 0) is 43.3 Å². The van der Waals surface area contributed by atoms with E-state index in [4.69, 9.17) is 0 Å². The molecule has 1 amide bonds. The summed E-state index contributed by atoms with van der Waals surface area (Å²) in [5.74, 6) is -0.223. The SMILES string of the molecule is Cc1nc(-c2cccc(Br)c2)ccc1C(=O)Nn1cnc2ccccc21. The van der Waals surface area contributed by atoms with Crippen molar-refractivity contribution in [1.29, 1.82) is 0 Å². The number of carbonyl (C=O) groups is 1. The van der Waals surface area contributed by atoms with E-state index in [0.29, 0.717) is 11.3 Å². The van der Waals surface area contributed by atoms with Crippen LogP contribution >= 0.6 is 15.9 Å². The molecule has 128 valence electrons. The number of hydrogen-bond acceptors (Lipinski definition) is 3. The van der Waals surface area contributed by atoms with E-state index in [-0.39, 0.29) is 5.91 Å². The van der Waals surface area contributed by atoms with Crippen LogP contribution in [0.1, 0.15) is 16.1 Å². The number of carbonyl (C=O) groups excluding carboxylic acids is 1. The Hall–Kier alpha value is -2.99. The van der Waals surface area contributed by atoms with Gasteiger partial charge in [0, 0.05) is 10.0 Å². The first-order chi connectivity index (χ1) is 12.6. The Bertz CT molecular complexity index is 1120. The Kier molecular flexibility index (Phi) is 4.26. The van der Waals surface area contributed by atoms with E-state index in [2.05, 4.69) is 31.3 Å². The van der Waals surface area contributed by atoms with E-state index < -0.39 is 0 Å². The molecule has 0 radical (unpaired) electrons. The largest absolute Gasteiger partial charge is 0.271 e. The summed E-state index contributed by atoms with van der Waals surface area (Å²) < 4.78 is 2.61. The summed E-state index contributed by atoms with van der Waals surface area (Å²) in [6.45, 7) is 1.84. The zero-order valence-corrected chi connectivity index (χ0v) is 15.6. The highest BCUT2D eigenvalue weighted by Crippen LogP contribution is 2.22. The van der Waals surface area contributed by atoms with E-state index in [1.165, 1.54) is 0 Å². The number of benzene rings is 2. The highest BCUT2D eigenvalue weighted by Gasteiger charge is 2.13. The Labute approximate surface area is 158 Å². The number of aryl methyl sites for hydroxylation is 1. The lowest BCUT2D eigenvalue weighted by molar-refractivity contribution is 0.101. The molecule has 0 fully saturated rings. The highest BCUT2D eigenvalue weighted by molar-refractivity contribution is 9.10. The summed E-state index contributed by atoms with van der Waals surface area (Å²) >= 11 is 3.47. The van der Waals surface area contributed by atoms with Crippen LogP contribution in [-0.2, 0) is 0 Å². The molecule has 4 aromatic rings. The van der Waals surface area contributed by atoms with Gasteiger partial charge in [-0.1, -0.05) is 40.2 Å². The number of amides is 1. The summed E-state index contributed by atoms with van der Waals surface area (Å²) in [5, 5.41) is 0. The Morgan fingerprint density at radius 3 is 2.73 bits per heavy atom. The Morgan fingerprint density at radius 1 is 1.08 bits per heavy atom. The molecule has 2 heterocycles. The van der Waals surface area contributed by atoms with Crippen molar-refractivity contribution in [2.24, 2.45) is 0 Å². The van der Waals surface area contributed by atoms with Crippen molar-refractivity contribution < 1.29 is 4.79 Å². The molecule has 6 heteroatoms. The van der Waals surface area contributed by atoms with Gasteiger partial charge in [-0.15, -0.1) is 0 Å². The molecule has 0 aliphatic heterocycles. The van der Waals surface area contributed by atoms with Gasteiger partial charge in [0.15, 0.2) is 0 Å². The van der Waals surface area contributed by atoms with Crippen molar-refractivity contribution in [3.8, 4) is 11.3 Å². The van der Waals surface area contributed by atoms with Gasteiger partial charge in [0.05, 0.1) is 28.0 Å². The van der Waals surface area contributed by atoms with Crippen molar-refractivity contribution in [3.63, 3.8) is 0 Å². The monoisotopic (exact) mass is 406 g/mol. The highest BCUT2D eigenvalue weighted by atomic mass is 79.9. The molecule has 0 atom stereocenters. The third-order valence-corrected chi connectivity index (χ3v) is 4.62. The Morgan fingerprint density at radius 2 is 1.92 bits per heavy atom. The number of nitrogens with zero attached hydrogens (tertiary/aromatic N) is 3. The first-order valence-electron chi connectivity index (χ1n) is 8.09. The molecule has 26 heavy (non-hydrogen) atoms. The molecule has 1 N–H and O–H groups in total. The van der Waals surface area contributed by atoms with Gasteiger partial charge in [0.1, 0.15) is 6.33 Å². The maximum Gasteiger partial charge on any atom is 0.271 e. The molecule has 0 unspecified atom stereocenters. The van der Waals surface area contributed by atoms with Gasteiger partial charge >= 0.3 is 0 Å². The molecule has 5 nitrogen and oxygen atoms in total. The minimum Gasteiger partial charge on any atom is -0.267 e. The first kappa shape index (κ1) is 16.5. The van der Waals surface area contributed by atoms with E-state index in [0.717, 1.165) is 26.8 Å². The summed E-state index contributed by atoms with van der Waals surface area (Å²) in [7, 11) is 0. The lowest BCUT2D eigenvalue weighted by Gasteiger charge is -2.10. The summed E-state index contributed by atoms with van der Waals surface area (Å²) in [5.41, 5.74) is 7.55. The minimum atomic E-state index is -0.223. The van der Waals surface area contributed by atoms with Crippen molar-refractivity contribution >= 4 is 32.9 Å². The van der Waals surface area contributed by atoms with E-state index in [1.54, 1.807) is 17.1 Å². The third-order valence-electron chi connectivity index (χ3n) is 4.13. The number of aromatic nitrogens is 3. The van der Waals surface area contributed by atoms with Crippen LogP contribution in [0.5, 0.6) is 0 Å². The van der Waals surface area contributed by atoms with Crippen LogP contribution in [0.4, 0.5) is 0 Å². The standard InChI is InChI=1S/C20H15BrN4O/c1-13-16(9-10-17(23-13)14-5-4-6-15(21)11-14)20(26)24-25-12-22-18-7-2-3-8-19(18)25/h2-12H,1H3,(H,24,26). The summed E-state index contributed by atoms with van der Waals surface area (Å²) in [6, 6.07) is 19.2. The second-order valence-electron chi connectivity index (χ2n) is 5.88. The zero-order valence-electron chi connectivity index (χ0n) is 14.0. The zero-order chi connectivity index (χ0) is 18.1. The maximum absolute atomic E-state index is 12.7. The minimum absolute atomic E-state index is 0.223. The van der Waals surface area contributed by atoms with Gasteiger partial charge in [0.25, 0.3) is 5.91 Å². The molecular formula is C20H15BrN4O. The summed E-state index contributed by atoms with van der Waals surface area (Å²) in [4.78, 5) is 21.5. The van der Waals surface area contributed by atoms with Crippen LogP contribution in [0.2, 0.25) is 0 Å². The smallest absolute Gasteiger partial charge is 0.267 e. The maximum atomic E-state index is 12.7. The van der Waals surface area contributed by atoms with Gasteiger partial charge in [-0.25, -0.2) is 9.66 Å². The van der Waals surface area contributed by atoms with Crippen LogP contribution in [0, 0.1) is 6.92 Å². The molecular weight excluding hydrogens is 392 g/mol. The fraction of sp³-hybridized carbons (Fsp3) is 0.0500. The number of pyridine rings is 1. The molecule has 2 aromatic carbocycles. The number of rotatable bonds is 3. The number of hydrogen-bond donors (Lipinski definition) is 1. The second kappa shape index (κ2) is 6.72. The number of halogens is 1. The lowest BCUT2D eigenvalue weighted by atomic mass is 10.1. The van der Waals surface area contributed by atoms with Crippen LogP contribution in [0.3, 0.4) is 0 Å². The van der Waals surface area contributed by atoms with Gasteiger partial charge in [-0.2, -0.15) is 0 Å². The van der Waals surface area contributed by atoms with Crippen molar-refractivity contribution in [1.82, 2.24) is 14.6 Å². The van der Waals surface area contributed by atoms with Crippen molar-refractivity contribution in [3.05, 3.63) is 82.7 Å². The van der Waals surface area contributed by atoms with Gasteiger partial charge in [-0.3, -0.25) is 15.2 Å². The molecule has 0 aliphatic rings. The lowest BCUT2D eigenvalue weighted by Crippen LogP contribution is -2.23. The predicted molar refractivity (Wildman–Crippen MR) is 106 cm³/mol. The normalized spacial score (nSPS) is 10.8. The predicted octanol–water partition coefficient (Wildman–Crippen LogP) is 4.55. The molecule has 0 saturated carbocycles. The summed E-state index contributed by atoms with van der Waals surface area (Å²) in [6.07, 6.45) is 1.60. The first-order valence-corrected chi connectivity index (χ1v) is 8.88. The fourth-order valence-corrected chi connectivity index (χ4v) is 3.23. The van der Waals surface area contributed by atoms with Crippen molar-refractivity contribution in [2.75, 3.05) is 5.43 Å². The Balaban J connectivity index is 1.62. The quantitative estimate of drug-likeness (QED) is 0.542.